The first-order valence-electron chi connectivity index (χ1n) is 2.88. The minimum Gasteiger partial charge on any atom is -0.364 e. The van der Waals surface area contributed by atoms with Gasteiger partial charge in [-0.25, -0.2) is 4.98 Å². The highest BCUT2D eigenvalue weighted by Crippen LogP contribution is 2.01. The molecule has 2 aromatic heterocycles. The van der Waals surface area contributed by atoms with E-state index in [4.69, 9.17) is 0 Å². The Kier molecular flexibility index (Phi) is 0.887. The Bertz CT molecular complexity index is 400. The molecule has 0 amide bonds. The molecule has 2 aromatic rings. The van der Waals surface area contributed by atoms with E-state index in [2.05, 4.69) is 15.0 Å². The largest absolute Gasteiger partial charge is 0.364 e. The van der Waals surface area contributed by atoms with Crippen LogP contribution in [0.15, 0.2) is 23.4 Å². The zero-order valence-corrected chi connectivity index (χ0v) is 5.09. The average molecular weight is 135 g/mol. The molecular weight excluding hydrogens is 130 g/mol. The van der Waals surface area contributed by atoms with Gasteiger partial charge in [-0.2, -0.15) is 0 Å². The molecule has 0 aliphatic heterocycles. The van der Waals surface area contributed by atoms with E-state index in [1.165, 1.54) is 6.20 Å². The smallest absolute Gasteiger partial charge is 0.266 e. The first-order chi connectivity index (χ1) is 4.86. The molecule has 0 spiro atoms. The summed E-state index contributed by atoms with van der Waals surface area (Å²) < 4.78 is 0. The van der Waals surface area contributed by atoms with Crippen LogP contribution >= 0.6 is 0 Å². The SMILES string of the molecule is O=c1cnc2c[nH]cc2[nH]1. The molecule has 0 bridgehead atoms. The highest BCUT2D eigenvalue weighted by Gasteiger charge is 1.92. The van der Waals surface area contributed by atoms with E-state index in [1.807, 2.05) is 0 Å². The lowest BCUT2D eigenvalue weighted by Crippen LogP contribution is -2.03. The number of aromatic amines is 2. The van der Waals surface area contributed by atoms with Gasteiger partial charge in [0.1, 0.15) is 5.52 Å². The second kappa shape index (κ2) is 1.70. The number of fused-ring (bicyclic) bond motifs is 1. The van der Waals surface area contributed by atoms with Gasteiger partial charge >= 0.3 is 0 Å². The van der Waals surface area contributed by atoms with Crippen molar-refractivity contribution < 1.29 is 0 Å². The average Bonchev–Trinajstić information content (AvgIpc) is 2.33. The van der Waals surface area contributed by atoms with Gasteiger partial charge in [0.25, 0.3) is 5.56 Å². The molecule has 4 nitrogen and oxygen atoms in total. The molecule has 0 saturated carbocycles. The van der Waals surface area contributed by atoms with Crippen LogP contribution in [0.25, 0.3) is 11.0 Å². The van der Waals surface area contributed by atoms with Crippen LogP contribution in [0.3, 0.4) is 0 Å². The Morgan fingerprint density at radius 3 is 3.20 bits per heavy atom. The highest BCUT2D eigenvalue weighted by atomic mass is 16.1. The number of rotatable bonds is 0. The van der Waals surface area contributed by atoms with Gasteiger partial charge in [-0.05, 0) is 0 Å². The van der Waals surface area contributed by atoms with Crippen molar-refractivity contribution in [3.63, 3.8) is 0 Å². The Balaban J connectivity index is 2.99. The summed E-state index contributed by atoms with van der Waals surface area (Å²) in [7, 11) is 0. The molecule has 0 aromatic carbocycles. The van der Waals surface area contributed by atoms with Crippen LogP contribution < -0.4 is 5.56 Å². The summed E-state index contributed by atoms with van der Waals surface area (Å²) in [5, 5.41) is 0. The van der Waals surface area contributed by atoms with E-state index in [0.717, 1.165) is 11.0 Å². The Morgan fingerprint density at radius 1 is 1.40 bits per heavy atom. The normalized spacial score (nSPS) is 10.4. The zero-order valence-electron chi connectivity index (χ0n) is 5.09. The lowest BCUT2D eigenvalue weighted by Gasteiger charge is -1.83. The predicted octanol–water partition coefficient (Wildman–Crippen LogP) is 0.251. The molecule has 0 aliphatic carbocycles. The maximum Gasteiger partial charge on any atom is 0.266 e. The Labute approximate surface area is 55.9 Å². The van der Waals surface area contributed by atoms with Crippen LogP contribution in [0.4, 0.5) is 0 Å². The van der Waals surface area contributed by atoms with Gasteiger partial charge in [0.05, 0.1) is 11.7 Å². The number of hydrogen-bond acceptors (Lipinski definition) is 2. The van der Waals surface area contributed by atoms with Crippen molar-refractivity contribution in [2.45, 2.75) is 0 Å². The van der Waals surface area contributed by atoms with Crippen LogP contribution in [0.5, 0.6) is 0 Å². The fraction of sp³-hybridized carbons (Fsp3) is 0. The summed E-state index contributed by atoms with van der Waals surface area (Å²) in [4.78, 5) is 20.0. The van der Waals surface area contributed by atoms with E-state index >= 15 is 0 Å². The standard InChI is InChI=1S/C6H5N3O/c10-6-3-8-4-1-7-2-5(4)9-6/h1-3,7H,(H,9,10). The molecule has 0 unspecified atom stereocenters. The van der Waals surface area contributed by atoms with Gasteiger partial charge in [-0.3, -0.25) is 4.79 Å². The van der Waals surface area contributed by atoms with Gasteiger partial charge < -0.3 is 9.97 Å². The molecule has 4 heteroatoms. The van der Waals surface area contributed by atoms with Crippen molar-refractivity contribution in [1.82, 2.24) is 15.0 Å². The fourth-order valence-electron chi connectivity index (χ4n) is 0.856. The first-order valence-corrected chi connectivity index (χ1v) is 2.88. The maximum absolute atomic E-state index is 10.6. The lowest BCUT2D eigenvalue weighted by molar-refractivity contribution is 1.23. The summed E-state index contributed by atoms with van der Waals surface area (Å²) in [5.74, 6) is 0. The number of hydrogen-bond donors (Lipinski definition) is 2. The molecule has 2 rings (SSSR count). The summed E-state index contributed by atoms with van der Waals surface area (Å²) in [6, 6.07) is 0. The van der Waals surface area contributed by atoms with Crippen molar-refractivity contribution in [2.24, 2.45) is 0 Å². The summed E-state index contributed by atoms with van der Waals surface area (Å²) in [5.41, 5.74) is 1.35. The van der Waals surface area contributed by atoms with Gasteiger partial charge in [0.15, 0.2) is 0 Å². The Hall–Kier alpha value is -1.58. The number of aromatic nitrogens is 3. The van der Waals surface area contributed by atoms with E-state index in [0.29, 0.717) is 0 Å². The lowest BCUT2D eigenvalue weighted by atomic mass is 10.5. The third kappa shape index (κ3) is 0.621. The second-order valence-corrected chi connectivity index (χ2v) is 2.00. The van der Waals surface area contributed by atoms with E-state index in [-0.39, 0.29) is 5.56 Å². The van der Waals surface area contributed by atoms with Crippen LogP contribution in [0.2, 0.25) is 0 Å². The van der Waals surface area contributed by atoms with Crippen molar-refractivity contribution in [1.29, 1.82) is 0 Å². The fourth-order valence-corrected chi connectivity index (χ4v) is 0.856. The molecule has 0 fully saturated rings. The Morgan fingerprint density at radius 2 is 2.30 bits per heavy atom. The molecule has 2 heterocycles. The minimum absolute atomic E-state index is 0.174. The van der Waals surface area contributed by atoms with Crippen LogP contribution in [0.1, 0.15) is 0 Å². The number of nitrogens with zero attached hydrogens (tertiary/aromatic N) is 1. The summed E-state index contributed by atoms with van der Waals surface area (Å²) in [6.45, 7) is 0. The van der Waals surface area contributed by atoms with Crippen molar-refractivity contribution in [3.05, 3.63) is 28.9 Å². The molecule has 50 valence electrons. The van der Waals surface area contributed by atoms with Crippen molar-refractivity contribution in [3.8, 4) is 0 Å². The topological polar surface area (TPSA) is 61.5 Å². The molecular formula is C6H5N3O. The third-order valence-electron chi connectivity index (χ3n) is 1.30. The number of H-pyrrole nitrogens is 2. The van der Waals surface area contributed by atoms with Crippen LogP contribution in [-0.2, 0) is 0 Å². The monoisotopic (exact) mass is 135 g/mol. The molecule has 2 N–H and O–H groups in total. The third-order valence-corrected chi connectivity index (χ3v) is 1.30. The van der Waals surface area contributed by atoms with E-state index in [1.54, 1.807) is 12.4 Å². The molecule has 0 radical (unpaired) electrons. The second-order valence-electron chi connectivity index (χ2n) is 2.00. The molecule has 0 aliphatic rings. The summed E-state index contributed by atoms with van der Waals surface area (Å²) >= 11 is 0. The molecule has 10 heavy (non-hydrogen) atoms. The van der Waals surface area contributed by atoms with E-state index < -0.39 is 0 Å². The van der Waals surface area contributed by atoms with Gasteiger partial charge in [0, 0.05) is 12.4 Å². The molecule has 0 atom stereocenters. The zero-order chi connectivity index (χ0) is 6.97. The summed E-state index contributed by atoms with van der Waals surface area (Å²) in [6.07, 6.45) is 4.69. The first kappa shape index (κ1) is 5.22. The molecule has 0 saturated heterocycles. The van der Waals surface area contributed by atoms with Gasteiger partial charge in [-0.15, -0.1) is 0 Å². The minimum atomic E-state index is -0.174. The quantitative estimate of drug-likeness (QED) is 0.544. The van der Waals surface area contributed by atoms with Gasteiger partial charge in [-0.1, -0.05) is 0 Å². The van der Waals surface area contributed by atoms with Crippen LogP contribution in [0, 0.1) is 0 Å². The predicted molar refractivity (Wildman–Crippen MR) is 36.7 cm³/mol. The van der Waals surface area contributed by atoms with Crippen molar-refractivity contribution in [2.75, 3.05) is 0 Å². The number of nitrogens with one attached hydrogen (secondary N) is 2. The van der Waals surface area contributed by atoms with Crippen molar-refractivity contribution >= 4 is 11.0 Å². The van der Waals surface area contributed by atoms with Crippen LogP contribution in [-0.4, -0.2) is 15.0 Å². The maximum atomic E-state index is 10.6. The highest BCUT2D eigenvalue weighted by molar-refractivity contribution is 5.72. The van der Waals surface area contributed by atoms with Gasteiger partial charge in [0.2, 0.25) is 0 Å². The van der Waals surface area contributed by atoms with E-state index in [9.17, 15) is 4.79 Å².